The summed E-state index contributed by atoms with van der Waals surface area (Å²) < 4.78 is 1.09. The average Bonchev–Trinajstić information content (AvgIpc) is 2.47. The molecular weight excluding hydrogens is 266 g/mol. The second-order valence-electron chi connectivity index (χ2n) is 4.63. The highest BCUT2D eigenvalue weighted by Crippen LogP contribution is 2.25. The van der Waals surface area contributed by atoms with Gasteiger partial charge in [-0.1, -0.05) is 28.1 Å². The van der Waals surface area contributed by atoms with Crippen LogP contribution in [0, 0.1) is 0 Å². The predicted molar refractivity (Wildman–Crippen MR) is 69.5 cm³/mol. The molecule has 1 aliphatic rings. The number of hydrogen-bond donors (Lipinski definition) is 2. The summed E-state index contributed by atoms with van der Waals surface area (Å²) in [5.74, 6) is 0. The van der Waals surface area contributed by atoms with Crippen molar-refractivity contribution in [3.63, 3.8) is 0 Å². The van der Waals surface area contributed by atoms with E-state index in [1.807, 2.05) is 12.1 Å². The molecule has 1 aliphatic heterocycles. The zero-order valence-electron chi connectivity index (χ0n) is 9.38. The monoisotopic (exact) mass is 283 g/mol. The van der Waals surface area contributed by atoms with E-state index in [2.05, 4.69) is 33.4 Å². The molecule has 0 saturated carbocycles. The lowest BCUT2D eigenvalue weighted by molar-refractivity contribution is 0.0285. The van der Waals surface area contributed by atoms with Crippen molar-refractivity contribution in [2.45, 2.75) is 31.3 Å². The summed E-state index contributed by atoms with van der Waals surface area (Å²) in [6.07, 6.45) is 3.58. The zero-order valence-corrected chi connectivity index (χ0v) is 11.0. The number of halogens is 1. The van der Waals surface area contributed by atoms with Crippen LogP contribution in [0.4, 0.5) is 0 Å². The minimum Gasteiger partial charge on any atom is -0.389 e. The molecule has 1 heterocycles. The molecule has 1 fully saturated rings. The molecule has 1 aromatic rings. The maximum absolute atomic E-state index is 10.5. The standard InChI is InChI=1S/C13H18BrNO/c14-12-4-2-11(3-5-12)10-13(16)6-1-8-15-9-7-13/h2-5,15-16H,1,6-10H2. The summed E-state index contributed by atoms with van der Waals surface area (Å²) >= 11 is 3.42. The topological polar surface area (TPSA) is 32.3 Å². The third-order valence-corrected chi connectivity index (χ3v) is 3.74. The van der Waals surface area contributed by atoms with E-state index >= 15 is 0 Å². The number of hydrogen-bond acceptors (Lipinski definition) is 2. The summed E-state index contributed by atoms with van der Waals surface area (Å²) in [5, 5.41) is 13.9. The van der Waals surface area contributed by atoms with Crippen LogP contribution in [0.2, 0.25) is 0 Å². The Morgan fingerprint density at radius 2 is 1.94 bits per heavy atom. The first-order valence-electron chi connectivity index (χ1n) is 5.86. The molecule has 2 N–H and O–H groups in total. The first-order valence-corrected chi connectivity index (χ1v) is 6.65. The van der Waals surface area contributed by atoms with Crippen LogP contribution in [0.5, 0.6) is 0 Å². The van der Waals surface area contributed by atoms with Gasteiger partial charge >= 0.3 is 0 Å². The first-order chi connectivity index (χ1) is 7.68. The van der Waals surface area contributed by atoms with Gasteiger partial charge in [0.2, 0.25) is 0 Å². The fourth-order valence-corrected chi connectivity index (χ4v) is 2.54. The van der Waals surface area contributed by atoms with Crippen LogP contribution < -0.4 is 5.32 Å². The van der Waals surface area contributed by atoms with Crippen LogP contribution in [0.1, 0.15) is 24.8 Å². The summed E-state index contributed by atoms with van der Waals surface area (Å²) in [7, 11) is 0. The van der Waals surface area contributed by atoms with Gasteiger partial charge in [0.15, 0.2) is 0 Å². The highest BCUT2D eigenvalue weighted by molar-refractivity contribution is 9.10. The van der Waals surface area contributed by atoms with E-state index in [1.54, 1.807) is 0 Å². The Balaban J connectivity index is 2.04. The summed E-state index contributed by atoms with van der Waals surface area (Å²) in [6, 6.07) is 8.24. The number of rotatable bonds is 2. The molecule has 88 valence electrons. The van der Waals surface area contributed by atoms with Gasteiger partial charge in [-0.2, -0.15) is 0 Å². The summed E-state index contributed by atoms with van der Waals surface area (Å²) in [5.41, 5.74) is 0.699. The maximum Gasteiger partial charge on any atom is 0.0700 e. The minimum absolute atomic E-state index is 0.517. The third-order valence-electron chi connectivity index (χ3n) is 3.21. The predicted octanol–water partition coefficient (Wildman–Crippen LogP) is 2.50. The van der Waals surface area contributed by atoms with E-state index < -0.39 is 5.60 Å². The lowest BCUT2D eigenvalue weighted by Gasteiger charge is -2.26. The molecule has 2 nitrogen and oxygen atoms in total. The van der Waals surface area contributed by atoms with Crippen molar-refractivity contribution < 1.29 is 5.11 Å². The molecule has 1 aromatic carbocycles. The number of aliphatic hydroxyl groups is 1. The van der Waals surface area contributed by atoms with Gasteiger partial charge in [-0.15, -0.1) is 0 Å². The Morgan fingerprint density at radius 3 is 2.69 bits per heavy atom. The van der Waals surface area contributed by atoms with Gasteiger partial charge in [-0.05, 0) is 50.0 Å². The van der Waals surface area contributed by atoms with Gasteiger partial charge in [0.1, 0.15) is 0 Å². The number of nitrogens with one attached hydrogen (secondary N) is 1. The Bertz CT molecular complexity index is 328. The molecule has 1 saturated heterocycles. The highest BCUT2D eigenvalue weighted by atomic mass is 79.9. The normalized spacial score (nSPS) is 26.4. The maximum atomic E-state index is 10.5. The van der Waals surface area contributed by atoms with Gasteiger partial charge in [-0.25, -0.2) is 0 Å². The van der Waals surface area contributed by atoms with E-state index in [1.165, 1.54) is 5.56 Å². The van der Waals surface area contributed by atoms with Crippen LogP contribution in [0.3, 0.4) is 0 Å². The quantitative estimate of drug-likeness (QED) is 0.874. The molecule has 0 radical (unpaired) electrons. The van der Waals surface area contributed by atoms with Gasteiger partial charge in [-0.3, -0.25) is 0 Å². The molecule has 0 spiro atoms. The van der Waals surface area contributed by atoms with Gasteiger partial charge in [0.05, 0.1) is 5.60 Å². The lowest BCUT2D eigenvalue weighted by Crippen LogP contribution is -2.32. The van der Waals surface area contributed by atoms with Crippen molar-refractivity contribution in [3.8, 4) is 0 Å². The fourth-order valence-electron chi connectivity index (χ4n) is 2.27. The van der Waals surface area contributed by atoms with E-state index in [4.69, 9.17) is 0 Å². The Labute approximate surface area is 105 Å². The van der Waals surface area contributed by atoms with Crippen molar-refractivity contribution in [2.24, 2.45) is 0 Å². The van der Waals surface area contributed by atoms with E-state index in [0.29, 0.717) is 0 Å². The third kappa shape index (κ3) is 3.30. The molecule has 1 atom stereocenters. The van der Waals surface area contributed by atoms with Crippen LogP contribution in [0.25, 0.3) is 0 Å². The smallest absolute Gasteiger partial charge is 0.0700 e. The summed E-state index contributed by atoms with van der Waals surface area (Å²) in [6.45, 7) is 1.95. The fraction of sp³-hybridized carbons (Fsp3) is 0.538. The molecule has 0 bridgehead atoms. The van der Waals surface area contributed by atoms with Crippen LogP contribution >= 0.6 is 15.9 Å². The molecule has 0 aliphatic carbocycles. The van der Waals surface area contributed by atoms with Crippen LogP contribution in [-0.2, 0) is 6.42 Å². The SMILES string of the molecule is OC1(Cc2ccc(Br)cc2)CCCNCC1. The molecule has 0 amide bonds. The molecule has 3 heteroatoms. The number of benzene rings is 1. The molecule has 2 rings (SSSR count). The lowest BCUT2D eigenvalue weighted by atomic mass is 9.88. The van der Waals surface area contributed by atoms with Gasteiger partial charge in [0, 0.05) is 10.9 Å². The largest absolute Gasteiger partial charge is 0.389 e. The Kier molecular flexibility index (Phi) is 4.00. The highest BCUT2D eigenvalue weighted by Gasteiger charge is 2.27. The molecule has 16 heavy (non-hydrogen) atoms. The van der Waals surface area contributed by atoms with Gasteiger partial charge < -0.3 is 10.4 Å². The van der Waals surface area contributed by atoms with Crippen LogP contribution in [-0.4, -0.2) is 23.8 Å². The van der Waals surface area contributed by atoms with Crippen molar-refractivity contribution in [1.29, 1.82) is 0 Å². The Hall–Kier alpha value is -0.380. The van der Waals surface area contributed by atoms with Crippen molar-refractivity contribution in [1.82, 2.24) is 5.32 Å². The Morgan fingerprint density at radius 1 is 1.19 bits per heavy atom. The molecule has 0 aromatic heterocycles. The van der Waals surface area contributed by atoms with E-state index in [0.717, 1.165) is 43.2 Å². The minimum atomic E-state index is -0.517. The first kappa shape index (κ1) is 12.1. The van der Waals surface area contributed by atoms with Crippen molar-refractivity contribution >= 4 is 15.9 Å². The van der Waals surface area contributed by atoms with Gasteiger partial charge in [0.25, 0.3) is 0 Å². The van der Waals surface area contributed by atoms with Crippen LogP contribution in [0.15, 0.2) is 28.7 Å². The van der Waals surface area contributed by atoms with Crippen molar-refractivity contribution in [2.75, 3.05) is 13.1 Å². The molecule has 1 unspecified atom stereocenters. The van der Waals surface area contributed by atoms with E-state index in [-0.39, 0.29) is 0 Å². The van der Waals surface area contributed by atoms with Crippen molar-refractivity contribution in [3.05, 3.63) is 34.3 Å². The van der Waals surface area contributed by atoms with E-state index in [9.17, 15) is 5.11 Å². The molecular formula is C13H18BrNO. The zero-order chi connectivity index (χ0) is 11.4. The summed E-state index contributed by atoms with van der Waals surface area (Å²) in [4.78, 5) is 0. The second kappa shape index (κ2) is 5.30. The average molecular weight is 284 g/mol. The second-order valence-corrected chi connectivity index (χ2v) is 5.55.